The molecule has 0 saturated carbocycles. The number of carbonyl (C=O) groups is 1. The molecule has 1 spiro atoms. The normalized spacial score (nSPS) is 33.5. The molecule has 1 heterocycles. The highest BCUT2D eigenvalue weighted by Crippen LogP contribution is 2.58. The van der Waals surface area contributed by atoms with Crippen LogP contribution in [0.25, 0.3) is 0 Å². The number of allylic oxidation sites excluding steroid dienone is 7. The van der Waals surface area contributed by atoms with Gasteiger partial charge in [-0.05, 0) is 23.3 Å². The van der Waals surface area contributed by atoms with E-state index in [-0.39, 0.29) is 11.2 Å². The monoisotopic (exact) mass is 193 g/mol. The van der Waals surface area contributed by atoms with Crippen LogP contribution in [-0.4, -0.2) is 12.0 Å². The summed E-state index contributed by atoms with van der Waals surface area (Å²) < 4.78 is 0. The topological polar surface area (TPSA) is 29.4 Å². The summed E-state index contributed by atoms with van der Waals surface area (Å²) in [6.45, 7) is 0. The number of fused-ring (bicyclic) bond motifs is 1. The van der Waals surface area contributed by atoms with Crippen molar-refractivity contribution in [2.24, 2.45) is 10.4 Å². The second-order valence-electron chi connectivity index (χ2n) is 4.16. The van der Waals surface area contributed by atoms with E-state index in [1.807, 2.05) is 24.4 Å². The maximum Gasteiger partial charge on any atom is 0.186 e. The molecule has 0 saturated heterocycles. The molecule has 15 heavy (non-hydrogen) atoms. The van der Waals surface area contributed by atoms with Crippen LogP contribution in [0.5, 0.6) is 0 Å². The van der Waals surface area contributed by atoms with Crippen LogP contribution in [0.1, 0.15) is 0 Å². The van der Waals surface area contributed by atoms with Crippen LogP contribution >= 0.6 is 0 Å². The van der Waals surface area contributed by atoms with Crippen LogP contribution in [0.4, 0.5) is 0 Å². The Kier molecular flexibility index (Phi) is 0.983. The molecule has 0 fully saturated rings. The minimum Gasteiger partial charge on any atom is -0.289 e. The van der Waals surface area contributed by atoms with Crippen molar-refractivity contribution in [3.05, 3.63) is 58.9 Å². The lowest BCUT2D eigenvalue weighted by Crippen LogP contribution is -2.14. The second kappa shape index (κ2) is 2.01. The summed E-state index contributed by atoms with van der Waals surface area (Å²) >= 11 is 0. The molecule has 3 aliphatic carbocycles. The summed E-state index contributed by atoms with van der Waals surface area (Å²) in [6, 6.07) is 0. The van der Waals surface area contributed by atoms with Gasteiger partial charge >= 0.3 is 0 Å². The van der Waals surface area contributed by atoms with Crippen LogP contribution in [0.3, 0.4) is 0 Å². The fourth-order valence-electron chi connectivity index (χ4n) is 2.39. The van der Waals surface area contributed by atoms with Crippen molar-refractivity contribution in [1.82, 2.24) is 0 Å². The first kappa shape index (κ1) is 7.35. The predicted molar refractivity (Wildman–Crippen MR) is 57.4 cm³/mol. The Bertz CT molecular complexity index is 596. The zero-order valence-corrected chi connectivity index (χ0v) is 7.90. The van der Waals surface area contributed by atoms with Gasteiger partial charge in [0.05, 0.1) is 11.1 Å². The lowest BCUT2D eigenvalue weighted by atomic mass is 9.82. The molecule has 4 rings (SSSR count). The third-order valence-corrected chi connectivity index (χ3v) is 3.31. The van der Waals surface area contributed by atoms with Gasteiger partial charge in [0, 0.05) is 11.8 Å². The lowest BCUT2D eigenvalue weighted by molar-refractivity contribution is -0.111. The molecular weight excluding hydrogens is 186 g/mol. The van der Waals surface area contributed by atoms with Crippen LogP contribution < -0.4 is 0 Å². The number of hydrogen-bond donors (Lipinski definition) is 0. The summed E-state index contributed by atoms with van der Waals surface area (Å²) in [5.41, 5.74) is 3.98. The van der Waals surface area contributed by atoms with Crippen LogP contribution in [0, 0.1) is 5.41 Å². The zero-order chi connectivity index (χ0) is 10.0. The quantitative estimate of drug-likeness (QED) is 0.577. The van der Waals surface area contributed by atoms with Crippen molar-refractivity contribution < 1.29 is 4.79 Å². The third kappa shape index (κ3) is 0.721. The number of rotatable bonds is 0. The van der Waals surface area contributed by atoms with E-state index in [0.717, 1.165) is 16.8 Å². The molecule has 1 atom stereocenters. The highest BCUT2D eigenvalue weighted by molar-refractivity contribution is 6.11. The van der Waals surface area contributed by atoms with E-state index in [1.165, 1.54) is 5.57 Å². The molecule has 2 nitrogen and oxygen atoms in total. The Morgan fingerprint density at radius 2 is 2.20 bits per heavy atom. The van der Waals surface area contributed by atoms with Gasteiger partial charge in [-0.3, -0.25) is 9.79 Å². The maximum atomic E-state index is 11.7. The van der Waals surface area contributed by atoms with E-state index in [4.69, 9.17) is 0 Å². The summed E-state index contributed by atoms with van der Waals surface area (Å²) in [5.74, 6) is 0.101. The first-order valence-corrected chi connectivity index (χ1v) is 4.95. The maximum absolute atomic E-state index is 11.7. The number of carbonyl (C=O) groups excluding carboxylic acids is 1. The van der Waals surface area contributed by atoms with Gasteiger partial charge in [-0.1, -0.05) is 24.3 Å². The molecule has 0 aromatic rings. The molecule has 1 aliphatic heterocycles. The van der Waals surface area contributed by atoms with Gasteiger partial charge in [-0.2, -0.15) is 0 Å². The second-order valence-corrected chi connectivity index (χ2v) is 4.16. The van der Waals surface area contributed by atoms with Gasteiger partial charge in [0.15, 0.2) is 5.78 Å². The molecule has 70 valence electrons. The average molecular weight is 193 g/mol. The minimum absolute atomic E-state index is 0.101. The molecule has 0 radical (unpaired) electrons. The number of nitrogens with zero attached hydrogens (tertiary/aromatic N) is 1. The molecule has 0 bridgehead atoms. The molecular formula is C13H7NO. The standard InChI is InChI=1S/C13H7NO/c15-11-3-1-2-8-4-12-13(6-10(8)11)5-9(13)7-14-12/h1-7H. The molecule has 2 heteroatoms. The molecule has 1 unspecified atom stereocenters. The zero-order valence-electron chi connectivity index (χ0n) is 7.90. The summed E-state index contributed by atoms with van der Waals surface area (Å²) in [6.07, 6.45) is 13.5. The van der Waals surface area contributed by atoms with E-state index < -0.39 is 0 Å². The van der Waals surface area contributed by atoms with Crippen molar-refractivity contribution in [3.8, 4) is 0 Å². The van der Waals surface area contributed by atoms with Crippen LogP contribution in [-0.2, 0) is 4.79 Å². The van der Waals surface area contributed by atoms with Crippen molar-refractivity contribution in [2.45, 2.75) is 0 Å². The van der Waals surface area contributed by atoms with Crippen molar-refractivity contribution in [3.63, 3.8) is 0 Å². The number of dihydropyridines is 1. The smallest absolute Gasteiger partial charge is 0.186 e. The Morgan fingerprint density at radius 1 is 1.27 bits per heavy atom. The van der Waals surface area contributed by atoms with Crippen LogP contribution in [0.15, 0.2) is 63.9 Å². The first-order valence-electron chi connectivity index (χ1n) is 4.95. The molecule has 0 aromatic carbocycles. The Morgan fingerprint density at radius 3 is 3.07 bits per heavy atom. The summed E-state index contributed by atoms with van der Waals surface area (Å²) in [5, 5.41) is 0. The molecule has 0 aromatic heterocycles. The van der Waals surface area contributed by atoms with Crippen molar-refractivity contribution in [1.29, 1.82) is 0 Å². The average Bonchev–Trinajstić information content (AvgIpc) is 2.82. The first-order chi connectivity index (χ1) is 7.29. The lowest BCUT2D eigenvalue weighted by Gasteiger charge is -2.20. The van der Waals surface area contributed by atoms with E-state index in [9.17, 15) is 4.79 Å². The van der Waals surface area contributed by atoms with Gasteiger partial charge in [0.25, 0.3) is 0 Å². The van der Waals surface area contributed by atoms with E-state index >= 15 is 0 Å². The van der Waals surface area contributed by atoms with E-state index in [0.29, 0.717) is 0 Å². The summed E-state index contributed by atoms with van der Waals surface area (Å²) in [4.78, 5) is 16.0. The molecule has 0 N–H and O–H groups in total. The third-order valence-electron chi connectivity index (χ3n) is 3.31. The van der Waals surface area contributed by atoms with Gasteiger partial charge in [0.2, 0.25) is 0 Å². The molecule has 0 amide bonds. The SMILES string of the molecule is O=C1C=CC=C2C=C3N=CC4=CC43C=C12. The largest absolute Gasteiger partial charge is 0.289 e. The van der Waals surface area contributed by atoms with Crippen molar-refractivity contribution in [2.75, 3.05) is 0 Å². The number of ketones is 1. The highest BCUT2D eigenvalue weighted by Gasteiger charge is 2.50. The van der Waals surface area contributed by atoms with Gasteiger partial charge in [-0.15, -0.1) is 0 Å². The van der Waals surface area contributed by atoms with E-state index in [1.54, 1.807) is 12.2 Å². The predicted octanol–water partition coefficient (Wildman–Crippen LogP) is 1.89. The molecule has 4 aliphatic rings. The Balaban J connectivity index is 1.96. The van der Waals surface area contributed by atoms with Gasteiger partial charge in [0.1, 0.15) is 0 Å². The Labute approximate surface area is 86.7 Å². The fraction of sp³-hybridized carbons (Fsp3) is 0.0769. The summed E-state index contributed by atoms with van der Waals surface area (Å²) in [7, 11) is 0. The van der Waals surface area contributed by atoms with Gasteiger partial charge < -0.3 is 0 Å². The van der Waals surface area contributed by atoms with Crippen molar-refractivity contribution >= 4 is 12.0 Å². The number of hydrogen-bond acceptors (Lipinski definition) is 2. The van der Waals surface area contributed by atoms with Gasteiger partial charge in [-0.25, -0.2) is 0 Å². The fourth-order valence-corrected chi connectivity index (χ4v) is 2.39. The highest BCUT2D eigenvalue weighted by atomic mass is 16.1. The van der Waals surface area contributed by atoms with Crippen LogP contribution in [0.2, 0.25) is 0 Å². The van der Waals surface area contributed by atoms with E-state index in [2.05, 4.69) is 11.1 Å². The minimum atomic E-state index is -0.104. The Hall–Kier alpha value is -1.96. The number of aliphatic imine (C=N–C) groups is 1.